The van der Waals surface area contributed by atoms with Crippen LogP contribution in [-0.2, 0) is 22.4 Å². The summed E-state index contributed by atoms with van der Waals surface area (Å²) in [6, 6.07) is 40.0. The third-order valence-corrected chi connectivity index (χ3v) is 15.1. The molecular weight excluding hydrogens is 940 g/mol. The van der Waals surface area contributed by atoms with Crippen molar-refractivity contribution in [1.82, 2.24) is 0 Å². The van der Waals surface area contributed by atoms with Gasteiger partial charge in [-0.15, -0.1) is 0 Å². The molecule has 2 fully saturated rings. The first-order valence-electron chi connectivity index (χ1n) is 26.5. The van der Waals surface area contributed by atoms with Gasteiger partial charge in [0.05, 0.1) is 12.1 Å². The van der Waals surface area contributed by atoms with Crippen LogP contribution in [0.4, 0.5) is 8.78 Å². The van der Waals surface area contributed by atoms with E-state index in [1.54, 1.807) is 26.0 Å². The van der Waals surface area contributed by atoms with Gasteiger partial charge in [0.15, 0.2) is 0 Å². The molecule has 2 saturated carbocycles. The number of aliphatic carboxylic acids is 2. The summed E-state index contributed by atoms with van der Waals surface area (Å²) in [5.74, 6) is -1.05. The topological polar surface area (TPSA) is 115 Å². The third-order valence-electron chi connectivity index (χ3n) is 15.1. The van der Waals surface area contributed by atoms with E-state index in [2.05, 4.69) is 57.3 Å². The van der Waals surface area contributed by atoms with E-state index in [0.29, 0.717) is 23.0 Å². The molecule has 0 spiro atoms. The SMILES string of the molecule is CC(C)[NH2+]C(C)C.Cc1ccc(F)c(-c2ccc([C@@H]3CCc4ccc([C@H](C5CC5)[C@H](C)C(=O)[O-])cc4O3)cc2)c1.Cc1ccc(F)c(-c2ccc([C@@H]3CCc4ccc([C@H](C5CC5)[C@H](C)C(=O)[O-])cc4O3)cc2)c1.[Na+]. The van der Waals surface area contributed by atoms with Crippen LogP contribution in [0.1, 0.15) is 149 Å². The molecule has 384 valence electrons. The average molecular weight is 1010 g/mol. The smallest absolute Gasteiger partial charge is 0.550 e. The number of hydrogen-bond acceptors (Lipinski definition) is 6. The summed E-state index contributed by atoms with van der Waals surface area (Å²) in [5, 5.41) is 25.5. The van der Waals surface area contributed by atoms with Gasteiger partial charge in [-0.3, -0.25) is 0 Å². The van der Waals surface area contributed by atoms with E-state index in [-0.39, 0.29) is 65.2 Å². The van der Waals surface area contributed by atoms with Crippen molar-refractivity contribution in [2.45, 2.75) is 143 Å². The summed E-state index contributed by atoms with van der Waals surface area (Å²) in [4.78, 5) is 23.2. The molecule has 2 heterocycles. The maximum absolute atomic E-state index is 14.3. The van der Waals surface area contributed by atoms with Gasteiger partial charge in [-0.1, -0.05) is 110 Å². The van der Waals surface area contributed by atoms with E-state index in [4.69, 9.17) is 9.47 Å². The van der Waals surface area contributed by atoms with Crippen LogP contribution in [0.15, 0.2) is 121 Å². The minimum Gasteiger partial charge on any atom is -0.550 e. The molecule has 7 nitrogen and oxygen atoms in total. The van der Waals surface area contributed by atoms with Crippen LogP contribution in [0, 0.1) is 49.2 Å². The number of ether oxygens (including phenoxy) is 2. The third kappa shape index (κ3) is 14.1. The van der Waals surface area contributed by atoms with Gasteiger partial charge in [-0.05, 0) is 197 Å². The molecule has 6 atom stereocenters. The fraction of sp³-hybridized carbons (Fsp3) is 0.406. The molecule has 0 bridgehead atoms. The molecule has 0 unspecified atom stereocenters. The number of fused-ring (bicyclic) bond motifs is 2. The number of carboxylic acid groups (broad SMARTS) is 2. The standard InChI is InChI=1S/2C29H29FO3.C6H15N.Na/c2*1-17-3-13-25(30)24(15-17)19-4-6-20(7-5-19)26-14-12-21-8-11-23(16-27(21)33-26)28(22-9-10-22)18(2)29(31)32;1-5(2)7-6(3)4;/h2*3-8,11,13,15-16,18,22,26,28H,9-10,12,14H2,1-2H3,(H,31,32);5-7H,1-4H3;/q;;;+1/p-1/t2*18-,26-,28-;;/m00../s1. The van der Waals surface area contributed by atoms with Gasteiger partial charge in [-0.2, -0.15) is 0 Å². The van der Waals surface area contributed by atoms with Crippen LogP contribution >= 0.6 is 0 Å². The van der Waals surface area contributed by atoms with Crippen molar-refractivity contribution in [1.29, 1.82) is 0 Å². The Balaban J connectivity index is 0.000000189. The summed E-state index contributed by atoms with van der Waals surface area (Å²) in [6.07, 6.45) is 7.64. The van der Waals surface area contributed by atoms with Crippen molar-refractivity contribution in [3.05, 3.63) is 177 Å². The Bertz CT molecular complexity index is 2680. The number of hydrogen-bond donors (Lipinski definition) is 1. The van der Waals surface area contributed by atoms with Crippen molar-refractivity contribution in [3.63, 3.8) is 0 Å². The van der Waals surface area contributed by atoms with Gasteiger partial charge in [0.2, 0.25) is 0 Å². The monoisotopic (exact) mass is 1010 g/mol. The molecule has 0 aromatic heterocycles. The molecule has 0 amide bonds. The van der Waals surface area contributed by atoms with Gasteiger partial charge in [0.25, 0.3) is 0 Å². The molecule has 6 aromatic carbocycles. The van der Waals surface area contributed by atoms with E-state index < -0.39 is 23.8 Å². The summed E-state index contributed by atoms with van der Waals surface area (Å²) in [6.45, 7) is 16.3. The second-order valence-electron chi connectivity index (χ2n) is 21.9. The zero-order valence-corrected chi connectivity index (χ0v) is 46.8. The predicted octanol–water partition coefficient (Wildman–Crippen LogP) is 8.86. The molecule has 6 aromatic rings. The summed E-state index contributed by atoms with van der Waals surface area (Å²) in [5.41, 5.74) is 11.4. The largest absolute Gasteiger partial charge is 1.00 e. The van der Waals surface area contributed by atoms with E-state index in [1.165, 1.54) is 12.1 Å². The fourth-order valence-electron chi connectivity index (χ4n) is 11.0. The molecule has 10 rings (SSSR count). The van der Waals surface area contributed by atoms with Gasteiger partial charge >= 0.3 is 29.6 Å². The van der Waals surface area contributed by atoms with Gasteiger partial charge in [0, 0.05) is 34.9 Å². The zero-order valence-electron chi connectivity index (χ0n) is 44.8. The van der Waals surface area contributed by atoms with Crippen LogP contribution < -0.4 is 54.6 Å². The second kappa shape index (κ2) is 25.0. The predicted molar refractivity (Wildman–Crippen MR) is 281 cm³/mol. The Hall–Kier alpha value is -5.32. The Morgan fingerprint density at radius 3 is 1.19 bits per heavy atom. The minimum absolute atomic E-state index is 0. The number of carbonyl (C=O) groups excluding carboxylic acids is 2. The first-order chi connectivity index (χ1) is 34.9. The molecule has 10 heteroatoms. The van der Waals surface area contributed by atoms with Gasteiger partial charge in [-0.25, -0.2) is 8.78 Å². The molecule has 0 saturated heterocycles. The zero-order chi connectivity index (χ0) is 52.1. The number of carboxylic acids is 2. The number of rotatable bonds is 14. The first kappa shape index (κ1) is 56.4. The van der Waals surface area contributed by atoms with Crippen LogP contribution in [0.3, 0.4) is 0 Å². The minimum atomic E-state index is -0.992. The van der Waals surface area contributed by atoms with E-state index in [1.807, 2.05) is 86.6 Å². The molecule has 74 heavy (non-hydrogen) atoms. The summed E-state index contributed by atoms with van der Waals surface area (Å²) >= 11 is 0. The van der Waals surface area contributed by atoms with Crippen molar-refractivity contribution in [2.75, 3.05) is 0 Å². The first-order valence-corrected chi connectivity index (χ1v) is 26.5. The average Bonchev–Trinajstić information content (AvgIpc) is 4.33. The quantitative estimate of drug-likeness (QED) is 0.109. The molecule has 0 radical (unpaired) electrons. The van der Waals surface area contributed by atoms with Crippen LogP contribution in [0.25, 0.3) is 22.3 Å². The molecule has 2 aliphatic carbocycles. The molecular formula is C64H72F2NNaO6. The molecule has 2 aliphatic heterocycles. The Kier molecular flexibility index (Phi) is 19.1. The number of carbonyl (C=O) groups is 2. The van der Waals surface area contributed by atoms with Crippen LogP contribution in [0.5, 0.6) is 11.5 Å². The summed E-state index contributed by atoms with van der Waals surface area (Å²) in [7, 11) is 0. The number of benzene rings is 6. The van der Waals surface area contributed by atoms with E-state index in [9.17, 15) is 28.6 Å². The molecule has 4 aliphatic rings. The normalized spacial score (nSPS) is 18.3. The Morgan fingerprint density at radius 2 is 0.878 bits per heavy atom. The Labute approximate surface area is 459 Å². The second-order valence-corrected chi connectivity index (χ2v) is 21.9. The number of nitrogens with two attached hydrogens (primary N) is 1. The van der Waals surface area contributed by atoms with Crippen LogP contribution in [-0.4, -0.2) is 24.0 Å². The molecule has 2 N–H and O–H groups in total. The van der Waals surface area contributed by atoms with Gasteiger partial charge < -0.3 is 34.6 Å². The van der Waals surface area contributed by atoms with Crippen molar-refractivity contribution < 1.29 is 72.9 Å². The van der Waals surface area contributed by atoms with E-state index >= 15 is 0 Å². The number of aryl methyl sites for hydroxylation is 4. The maximum atomic E-state index is 14.3. The van der Waals surface area contributed by atoms with Crippen molar-refractivity contribution in [3.8, 4) is 33.8 Å². The number of halogens is 2. The van der Waals surface area contributed by atoms with Gasteiger partial charge in [0.1, 0.15) is 35.3 Å². The van der Waals surface area contributed by atoms with Crippen molar-refractivity contribution in [2.24, 2.45) is 23.7 Å². The summed E-state index contributed by atoms with van der Waals surface area (Å²) < 4.78 is 41.4. The van der Waals surface area contributed by atoms with E-state index in [0.717, 1.165) is 131 Å². The number of quaternary nitrogens is 1. The maximum Gasteiger partial charge on any atom is 1.00 e. The van der Waals surface area contributed by atoms with Crippen LogP contribution in [0.2, 0.25) is 0 Å². The Morgan fingerprint density at radius 1 is 0.514 bits per heavy atom. The fourth-order valence-corrected chi connectivity index (χ4v) is 11.0. The van der Waals surface area contributed by atoms with Crippen molar-refractivity contribution >= 4 is 11.9 Å².